The first-order valence-electron chi connectivity index (χ1n) is 10.2. The molecule has 0 unspecified atom stereocenters. The molecule has 0 bridgehead atoms. The van der Waals surface area contributed by atoms with Gasteiger partial charge in [0.2, 0.25) is 5.91 Å². The average Bonchev–Trinajstić information content (AvgIpc) is 3.10. The molecule has 2 amide bonds. The summed E-state index contributed by atoms with van der Waals surface area (Å²) in [6.45, 7) is 4.03. The van der Waals surface area contributed by atoms with Crippen LogP contribution in [0.5, 0.6) is 0 Å². The van der Waals surface area contributed by atoms with Crippen molar-refractivity contribution in [3.8, 4) is 0 Å². The number of anilines is 1. The first kappa shape index (κ1) is 21.0. The van der Waals surface area contributed by atoms with Crippen LogP contribution in [0.15, 0.2) is 71.7 Å². The normalized spacial score (nSPS) is 10.8. The fourth-order valence-electron chi connectivity index (χ4n) is 3.35. The van der Waals surface area contributed by atoms with E-state index in [1.54, 1.807) is 12.1 Å². The Kier molecular flexibility index (Phi) is 5.85. The minimum Gasteiger partial charge on any atom is -0.348 e. The molecule has 0 aliphatic heterocycles. The lowest BCUT2D eigenvalue weighted by molar-refractivity contribution is -0.117. The van der Waals surface area contributed by atoms with Crippen LogP contribution >= 0.6 is 0 Å². The van der Waals surface area contributed by atoms with Gasteiger partial charge in [0.05, 0.1) is 5.56 Å². The van der Waals surface area contributed by atoms with Gasteiger partial charge < -0.3 is 10.6 Å². The monoisotopic (exact) mass is 429 g/mol. The van der Waals surface area contributed by atoms with Crippen LogP contribution < -0.4 is 16.3 Å². The quantitative estimate of drug-likeness (QED) is 0.492. The molecule has 0 fully saturated rings. The van der Waals surface area contributed by atoms with Crippen molar-refractivity contribution in [2.24, 2.45) is 0 Å². The predicted molar refractivity (Wildman–Crippen MR) is 122 cm³/mol. The highest BCUT2D eigenvalue weighted by atomic mass is 16.2. The molecule has 2 aromatic carbocycles. The van der Waals surface area contributed by atoms with E-state index in [2.05, 4.69) is 15.7 Å². The highest BCUT2D eigenvalue weighted by Crippen LogP contribution is 2.17. The molecule has 32 heavy (non-hydrogen) atoms. The van der Waals surface area contributed by atoms with Gasteiger partial charge in [0, 0.05) is 18.4 Å². The minimum atomic E-state index is -0.492. The summed E-state index contributed by atoms with van der Waals surface area (Å²) in [7, 11) is 0. The van der Waals surface area contributed by atoms with E-state index < -0.39 is 5.69 Å². The summed E-state index contributed by atoms with van der Waals surface area (Å²) in [5.74, 6) is -0.659. The molecule has 0 aliphatic carbocycles. The molecule has 0 saturated carbocycles. The molecule has 2 heterocycles. The number of aromatic nitrogens is 3. The van der Waals surface area contributed by atoms with Crippen molar-refractivity contribution >= 4 is 23.1 Å². The summed E-state index contributed by atoms with van der Waals surface area (Å²) in [5, 5.41) is 9.85. The van der Waals surface area contributed by atoms with Crippen molar-refractivity contribution in [3.63, 3.8) is 0 Å². The van der Waals surface area contributed by atoms with Gasteiger partial charge in [0.25, 0.3) is 5.91 Å². The number of fused-ring (bicyclic) bond motifs is 1. The molecule has 162 valence electrons. The molecule has 8 nitrogen and oxygen atoms in total. The Balaban J connectivity index is 1.49. The molecule has 4 aromatic rings. The maximum atomic E-state index is 12.7. The Morgan fingerprint density at radius 1 is 0.969 bits per heavy atom. The Hall–Kier alpha value is -4.20. The number of nitrogens with one attached hydrogen (secondary N) is 2. The van der Waals surface area contributed by atoms with Crippen LogP contribution in [0.3, 0.4) is 0 Å². The topological polar surface area (TPSA) is 97.5 Å². The number of amides is 2. The van der Waals surface area contributed by atoms with Crippen LogP contribution in [-0.4, -0.2) is 26.0 Å². The second-order valence-electron chi connectivity index (χ2n) is 7.55. The molecular formula is C24H23N5O3. The maximum Gasteiger partial charge on any atom is 0.350 e. The van der Waals surface area contributed by atoms with Crippen LogP contribution in [-0.2, 0) is 17.9 Å². The maximum absolute atomic E-state index is 12.7. The highest BCUT2D eigenvalue weighted by Gasteiger charge is 2.14. The average molecular weight is 429 g/mol. The van der Waals surface area contributed by atoms with Crippen LogP contribution in [0, 0.1) is 13.8 Å². The van der Waals surface area contributed by atoms with E-state index in [9.17, 15) is 14.4 Å². The van der Waals surface area contributed by atoms with Gasteiger partial charge in [-0.05, 0) is 48.7 Å². The molecular weight excluding hydrogens is 406 g/mol. The lowest BCUT2D eigenvalue weighted by Crippen LogP contribution is -2.29. The fourth-order valence-corrected chi connectivity index (χ4v) is 3.35. The molecule has 8 heteroatoms. The smallest absolute Gasteiger partial charge is 0.348 e. The second kappa shape index (κ2) is 8.89. The van der Waals surface area contributed by atoms with Crippen molar-refractivity contribution in [1.82, 2.24) is 19.5 Å². The highest BCUT2D eigenvalue weighted by molar-refractivity contribution is 5.94. The molecule has 2 aromatic heterocycles. The number of hydrogen-bond acceptors (Lipinski definition) is 4. The first-order valence-corrected chi connectivity index (χ1v) is 10.2. The molecule has 2 N–H and O–H groups in total. The van der Waals surface area contributed by atoms with E-state index >= 15 is 0 Å². The number of nitrogens with zero attached hydrogens (tertiary/aromatic N) is 3. The van der Waals surface area contributed by atoms with Gasteiger partial charge >= 0.3 is 5.69 Å². The van der Waals surface area contributed by atoms with Crippen LogP contribution in [0.2, 0.25) is 0 Å². The van der Waals surface area contributed by atoms with Gasteiger partial charge in [-0.15, -0.1) is 5.10 Å². The zero-order valence-corrected chi connectivity index (χ0v) is 17.8. The number of rotatable bonds is 6. The largest absolute Gasteiger partial charge is 0.350 e. The minimum absolute atomic E-state index is 0.233. The summed E-state index contributed by atoms with van der Waals surface area (Å²) < 4.78 is 2.35. The van der Waals surface area contributed by atoms with Gasteiger partial charge in [-0.3, -0.25) is 9.59 Å². The van der Waals surface area contributed by atoms with Crippen LogP contribution in [0.25, 0.3) is 5.65 Å². The zero-order chi connectivity index (χ0) is 22.7. The Morgan fingerprint density at radius 3 is 2.53 bits per heavy atom. The van der Waals surface area contributed by atoms with Crippen LogP contribution in [0.1, 0.15) is 27.0 Å². The van der Waals surface area contributed by atoms with E-state index in [0.717, 1.165) is 21.4 Å². The van der Waals surface area contributed by atoms with E-state index in [4.69, 9.17) is 0 Å². The Morgan fingerprint density at radius 2 is 1.75 bits per heavy atom. The summed E-state index contributed by atoms with van der Waals surface area (Å²) in [4.78, 5) is 37.7. The summed E-state index contributed by atoms with van der Waals surface area (Å²) in [5.41, 5.74) is 3.89. The SMILES string of the molecule is Cc1cccc(NC(=O)Cn2nc3ccc(C(=O)NCc4ccccc4)cn3c2=O)c1C. The molecule has 0 spiro atoms. The lowest BCUT2D eigenvalue weighted by atomic mass is 10.1. The van der Waals surface area contributed by atoms with Crippen molar-refractivity contribution in [3.05, 3.63) is 99.6 Å². The molecule has 0 saturated heterocycles. The third-order valence-electron chi connectivity index (χ3n) is 5.31. The number of carbonyl (C=O) groups is 2. The number of benzene rings is 2. The molecule has 4 rings (SSSR count). The zero-order valence-electron chi connectivity index (χ0n) is 17.8. The van der Waals surface area contributed by atoms with E-state index in [-0.39, 0.29) is 18.4 Å². The van der Waals surface area contributed by atoms with E-state index in [1.807, 2.05) is 62.4 Å². The standard InChI is InChI=1S/C24H23N5O3/c1-16-7-6-10-20(17(16)2)26-22(30)15-29-24(32)28-14-19(11-12-21(28)27-29)23(31)25-13-18-8-4-3-5-9-18/h3-12,14H,13,15H2,1-2H3,(H,25,31)(H,26,30). The van der Waals surface area contributed by atoms with Gasteiger partial charge in [-0.25, -0.2) is 13.9 Å². The van der Waals surface area contributed by atoms with Crippen LogP contribution in [0.4, 0.5) is 5.69 Å². The summed E-state index contributed by atoms with van der Waals surface area (Å²) in [6.07, 6.45) is 1.43. The molecule has 0 aliphatic rings. The van der Waals surface area contributed by atoms with E-state index in [0.29, 0.717) is 23.4 Å². The Labute approximate surface area is 184 Å². The van der Waals surface area contributed by atoms with Crippen molar-refractivity contribution in [2.45, 2.75) is 26.9 Å². The van der Waals surface area contributed by atoms with Gasteiger partial charge in [0.1, 0.15) is 6.54 Å². The number of pyridine rings is 1. The van der Waals surface area contributed by atoms with E-state index in [1.165, 1.54) is 10.6 Å². The Bertz CT molecular complexity index is 1360. The number of hydrogen-bond donors (Lipinski definition) is 2. The first-order chi connectivity index (χ1) is 15.4. The van der Waals surface area contributed by atoms with Crippen molar-refractivity contribution < 1.29 is 9.59 Å². The fraction of sp³-hybridized carbons (Fsp3) is 0.167. The van der Waals surface area contributed by atoms with Gasteiger partial charge in [-0.2, -0.15) is 0 Å². The summed E-state index contributed by atoms with van der Waals surface area (Å²) >= 11 is 0. The summed E-state index contributed by atoms with van der Waals surface area (Å²) in [6, 6.07) is 18.4. The molecule has 0 radical (unpaired) electrons. The molecule has 0 atom stereocenters. The van der Waals surface area contributed by atoms with Gasteiger partial charge in [0.15, 0.2) is 5.65 Å². The third kappa shape index (κ3) is 4.44. The number of carbonyl (C=O) groups excluding carboxylic acids is 2. The number of aryl methyl sites for hydroxylation is 1. The predicted octanol–water partition coefficient (Wildman–Crippen LogP) is 2.68. The second-order valence-corrected chi connectivity index (χ2v) is 7.55. The van der Waals surface area contributed by atoms with Crippen molar-refractivity contribution in [2.75, 3.05) is 5.32 Å². The lowest BCUT2D eigenvalue weighted by Gasteiger charge is -2.09. The third-order valence-corrected chi connectivity index (χ3v) is 5.31. The van der Waals surface area contributed by atoms with Gasteiger partial charge in [-0.1, -0.05) is 42.5 Å². The van der Waals surface area contributed by atoms with Crippen molar-refractivity contribution in [1.29, 1.82) is 0 Å².